The SMILES string of the molecule is COC(=O)c1ccc(C#CCNC(=O)OC(C)(C)C)cc1OC. The van der Waals surface area contributed by atoms with Gasteiger partial charge in [-0.1, -0.05) is 11.8 Å². The molecule has 1 rings (SSSR count). The predicted molar refractivity (Wildman–Crippen MR) is 85.4 cm³/mol. The Labute approximate surface area is 136 Å². The van der Waals surface area contributed by atoms with Gasteiger partial charge in [-0.05, 0) is 39.0 Å². The van der Waals surface area contributed by atoms with Gasteiger partial charge in [-0.25, -0.2) is 9.59 Å². The Morgan fingerprint density at radius 2 is 1.91 bits per heavy atom. The quantitative estimate of drug-likeness (QED) is 0.684. The van der Waals surface area contributed by atoms with Crippen LogP contribution in [0.15, 0.2) is 18.2 Å². The van der Waals surface area contributed by atoms with Gasteiger partial charge >= 0.3 is 12.1 Å². The lowest BCUT2D eigenvalue weighted by Gasteiger charge is -2.19. The van der Waals surface area contributed by atoms with Crippen LogP contribution >= 0.6 is 0 Å². The van der Waals surface area contributed by atoms with Crippen LogP contribution in [0.2, 0.25) is 0 Å². The summed E-state index contributed by atoms with van der Waals surface area (Å²) in [5, 5.41) is 2.54. The van der Waals surface area contributed by atoms with E-state index in [0.717, 1.165) is 0 Å². The fraction of sp³-hybridized carbons (Fsp3) is 0.412. The van der Waals surface area contributed by atoms with Crippen LogP contribution in [0, 0.1) is 11.8 Å². The summed E-state index contributed by atoms with van der Waals surface area (Å²) in [5.74, 6) is 5.57. The standard InChI is InChI=1S/C17H21NO5/c1-17(2,3)23-16(20)18-10-6-7-12-8-9-13(15(19)22-5)14(11-12)21-4/h8-9,11H,10H2,1-5H3,(H,18,20). The second-order valence-electron chi connectivity index (χ2n) is 5.56. The molecule has 6 nitrogen and oxygen atoms in total. The van der Waals surface area contributed by atoms with Crippen molar-refractivity contribution in [3.63, 3.8) is 0 Å². The molecule has 0 aliphatic carbocycles. The van der Waals surface area contributed by atoms with Gasteiger partial charge in [0.05, 0.1) is 20.8 Å². The molecule has 0 atom stereocenters. The van der Waals surface area contributed by atoms with Crippen LogP contribution in [0.3, 0.4) is 0 Å². The summed E-state index contributed by atoms with van der Waals surface area (Å²) in [7, 11) is 2.76. The van der Waals surface area contributed by atoms with Crippen molar-refractivity contribution >= 4 is 12.1 Å². The molecule has 23 heavy (non-hydrogen) atoms. The van der Waals surface area contributed by atoms with Gasteiger partial charge in [0.1, 0.15) is 16.9 Å². The molecule has 0 saturated carbocycles. The van der Waals surface area contributed by atoms with Crippen molar-refractivity contribution in [2.24, 2.45) is 0 Å². The topological polar surface area (TPSA) is 73.9 Å². The highest BCUT2D eigenvalue weighted by molar-refractivity contribution is 5.92. The largest absolute Gasteiger partial charge is 0.496 e. The number of hydrogen-bond acceptors (Lipinski definition) is 5. The number of ether oxygens (including phenoxy) is 3. The van der Waals surface area contributed by atoms with Crippen molar-refractivity contribution in [3.8, 4) is 17.6 Å². The first-order chi connectivity index (χ1) is 10.8. The van der Waals surface area contributed by atoms with Crippen molar-refractivity contribution in [2.45, 2.75) is 26.4 Å². The molecule has 0 unspecified atom stereocenters. The van der Waals surface area contributed by atoms with Crippen LogP contribution in [0.25, 0.3) is 0 Å². The number of amides is 1. The van der Waals surface area contributed by atoms with Crippen molar-refractivity contribution in [2.75, 3.05) is 20.8 Å². The maximum absolute atomic E-state index is 11.6. The Kier molecular flexibility index (Phi) is 6.46. The summed E-state index contributed by atoms with van der Waals surface area (Å²) in [5.41, 5.74) is 0.433. The zero-order valence-corrected chi connectivity index (χ0v) is 14.0. The van der Waals surface area contributed by atoms with E-state index in [9.17, 15) is 9.59 Å². The molecule has 0 fully saturated rings. The van der Waals surface area contributed by atoms with Gasteiger partial charge in [0.25, 0.3) is 0 Å². The van der Waals surface area contributed by atoms with E-state index in [4.69, 9.17) is 9.47 Å². The molecular formula is C17H21NO5. The number of alkyl carbamates (subject to hydrolysis) is 1. The Balaban J connectivity index is 2.69. The second-order valence-corrected chi connectivity index (χ2v) is 5.56. The van der Waals surface area contributed by atoms with Gasteiger partial charge in [-0.3, -0.25) is 0 Å². The minimum atomic E-state index is -0.547. The molecule has 0 aliphatic heterocycles. The predicted octanol–water partition coefficient (Wildman–Crippen LogP) is 2.36. The third kappa shape index (κ3) is 6.30. The number of carbonyl (C=O) groups is 2. The van der Waals surface area contributed by atoms with Gasteiger partial charge in [-0.15, -0.1) is 0 Å². The van der Waals surface area contributed by atoms with Crippen molar-refractivity contribution in [1.29, 1.82) is 0 Å². The molecule has 124 valence electrons. The molecule has 1 amide bonds. The van der Waals surface area contributed by atoms with Crippen LogP contribution in [0.4, 0.5) is 4.79 Å². The zero-order valence-electron chi connectivity index (χ0n) is 14.0. The third-order valence-corrected chi connectivity index (χ3v) is 2.56. The fourth-order valence-corrected chi connectivity index (χ4v) is 1.62. The van der Waals surface area contributed by atoms with Crippen LogP contribution in [-0.2, 0) is 9.47 Å². The molecule has 0 radical (unpaired) electrons. The molecular weight excluding hydrogens is 298 g/mol. The maximum Gasteiger partial charge on any atom is 0.408 e. The van der Waals surface area contributed by atoms with E-state index in [0.29, 0.717) is 16.9 Å². The number of benzene rings is 1. The molecule has 1 aromatic carbocycles. The molecule has 0 bridgehead atoms. The highest BCUT2D eigenvalue weighted by Crippen LogP contribution is 2.20. The van der Waals surface area contributed by atoms with Gasteiger partial charge in [0.2, 0.25) is 0 Å². The number of hydrogen-bond donors (Lipinski definition) is 1. The lowest BCUT2D eigenvalue weighted by atomic mass is 10.1. The zero-order chi connectivity index (χ0) is 17.5. The van der Waals surface area contributed by atoms with E-state index in [1.165, 1.54) is 14.2 Å². The summed E-state index contributed by atoms with van der Waals surface area (Å²) < 4.78 is 14.9. The second kappa shape index (κ2) is 8.08. The van der Waals surface area contributed by atoms with Gasteiger partial charge < -0.3 is 19.5 Å². The first-order valence-electron chi connectivity index (χ1n) is 6.99. The van der Waals surface area contributed by atoms with Crippen LogP contribution in [-0.4, -0.2) is 38.4 Å². The lowest BCUT2D eigenvalue weighted by molar-refractivity contribution is 0.0533. The molecule has 0 heterocycles. The number of rotatable bonds is 3. The van der Waals surface area contributed by atoms with E-state index in [1.54, 1.807) is 39.0 Å². The highest BCUT2D eigenvalue weighted by atomic mass is 16.6. The number of carbonyl (C=O) groups excluding carboxylic acids is 2. The maximum atomic E-state index is 11.6. The Morgan fingerprint density at radius 3 is 2.48 bits per heavy atom. The van der Waals surface area contributed by atoms with Crippen molar-refractivity contribution in [1.82, 2.24) is 5.32 Å². The average molecular weight is 319 g/mol. The van der Waals surface area contributed by atoms with Crippen LogP contribution < -0.4 is 10.1 Å². The lowest BCUT2D eigenvalue weighted by Crippen LogP contribution is -2.32. The molecule has 1 N–H and O–H groups in total. The van der Waals surface area contributed by atoms with Crippen LogP contribution in [0.5, 0.6) is 5.75 Å². The fourth-order valence-electron chi connectivity index (χ4n) is 1.62. The van der Waals surface area contributed by atoms with Crippen molar-refractivity contribution in [3.05, 3.63) is 29.3 Å². The monoisotopic (exact) mass is 319 g/mol. The minimum Gasteiger partial charge on any atom is -0.496 e. The average Bonchev–Trinajstić information content (AvgIpc) is 2.48. The first-order valence-corrected chi connectivity index (χ1v) is 6.99. The Hall–Kier alpha value is -2.68. The smallest absolute Gasteiger partial charge is 0.408 e. The van der Waals surface area contributed by atoms with E-state index >= 15 is 0 Å². The van der Waals surface area contributed by atoms with Crippen LogP contribution in [0.1, 0.15) is 36.7 Å². The van der Waals surface area contributed by atoms with E-state index in [-0.39, 0.29) is 6.54 Å². The van der Waals surface area contributed by atoms with Gasteiger partial charge in [-0.2, -0.15) is 0 Å². The highest BCUT2D eigenvalue weighted by Gasteiger charge is 2.15. The molecule has 0 aliphatic rings. The normalized spacial score (nSPS) is 10.1. The van der Waals surface area contributed by atoms with Gasteiger partial charge in [0.15, 0.2) is 0 Å². The molecule has 6 heteroatoms. The number of nitrogens with one attached hydrogen (secondary N) is 1. The third-order valence-electron chi connectivity index (χ3n) is 2.56. The van der Waals surface area contributed by atoms with Crippen molar-refractivity contribution < 1.29 is 23.8 Å². The van der Waals surface area contributed by atoms with E-state index < -0.39 is 17.7 Å². The summed E-state index contributed by atoms with van der Waals surface area (Å²) in [6, 6.07) is 4.89. The molecule has 0 saturated heterocycles. The summed E-state index contributed by atoms with van der Waals surface area (Å²) in [6.07, 6.45) is -0.523. The minimum absolute atomic E-state index is 0.149. The molecule has 0 aromatic heterocycles. The number of methoxy groups -OCH3 is 2. The molecule has 0 spiro atoms. The first kappa shape index (κ1) is 18.4. The Morgan fingerprint density at radius 1 is 1.22 bits per heavy atom. The molecule has 1 aromatic rings. The summed E-state index contributed by atoms with van der Waals surface area (Å²) >= 11 is 0. The summed E-state index contributed by atoms with van der Waals surface area (Å²) in [4.78, 5) is 23.0. The van der Waals surface area contributed by atoms with Gasteiger partial charge in [0, 0.05) is 5.56 Å². The Bertz CT molecular complexity index is 635. The van der Waals surface area contributed by atoms with E-state index in [1.807, 2.05) is 0 Å². The van der Waals surface area contributed by atoms with E-state index in [2.05, 4.69) is 21.9 Å². The summed E-state index contributed by atoms with van der Waals surface area (Å²) in [6.45, 7) is 5.50. The number of esters is 1.